The first-order chi connectivity index (χ1) is 15.0. The zero-order valence-electron chi connectivity index (χ0n) is 17.5. The summed E-state index contributed by atoms with van der Waals surface area (Å²) in [5, 5.41) is 9.44. The number of benzene rings is 2. The third kappa shape index (κ3) is 3.11. The molecular weight excluding hydrogens is 396 g/mol. The highest BCUT2D eigenvalue weighted by Crippen LogP contribution is 2.54. The molecule has 0 bridgehead atoms. The van der Waals surface area contributed by atoms with Gasteiger partial charge in [-0.25, -0.2) is 4.79 Å². The molecule has 2 saturated heterocycles. The first-order valence-corrected chi connectivity index (χ1v) is 10.8. The fourth-order valence-electron chi connectivity index (χ4n) is 5.10. The lowest BCUT2D eigenvalue weighted by molar-refractivity contribution is -0.146. The molecule has 3 aliphatic heterocycles. The second-order valence-corrected chi connectivity index (χ2v) is 8.47. The number of rotatable bonds is 5. The van der Waals surface area contributed by atoms with Crippen molar-refractivity contribution < 1.29 is 24.2 Å². The number of aliphatic hydroxyl groups is 1. The van der Waals surface area contributed by atoms with Crippen LogP contribution in [0.3, 0.4) is 0 Å². The highest BCUT2D eigenvalue weighted by molar-refractivity contribution is 6.08. The van der Waals surface area contributed by atoms with Gasteiger partial charge in [0.25, 0.3) is 5.91 Å². The average Bonchev–Trinajstić information content (AvgIpc) is 3.41. The Morgan fingerprint density at radius 2 is 1.97 bits per heavy atom. The van der Waals surface area contributed by atoms with E-state index in [1.165, 1.54) is 0 Å². The molecule has 3 aliphatic rings. The van der Waals surface area contributed by atoms with Gasteiger partial charge in [0, 0.05) is 23.8 Å². The molecule has 1 spiro atoms. The van der Waals surface area contributed by atoms with E-state index in [0.717, 1.165) is 16.8 Å². The molecule has 3 atom stereocenters. The predicted octanol–water partition coefficient (Wildman–Crippen LogP) is 3.19. The number of hydrogen-bond donors (Lipinski definition) is 1. The zero-order valence-corrected chi connectivity index (χ0v) is 17.5. The SMILES string of the molecule is C[C@H]1C[C@@H](CCO)O[C@]12C(=O)N(Cc1ccccc1)c1ccc(N3CCOC3=O)cc12. The smallest absolute Gasteiger partial charge is 0.414 e. The van der Waals surface area contributed by atoms with Gasteiger partial charge >= 0.3 is 6.09 Å². The maximum Gasteiger partial charge on any atom is 0.414 e. The van der Waals surface area contributed by atoms with Crippen molar-refractivity contribution in [3.8, 4) is 0 Å². The van der Waals surface area contributed by atoms with Gasteiger partial charge in [-0.15, -0.1) is 0 Å². The maximum atomic E-state index is 13.9. The van der Waals surface area contributed by atoms with Crippen LogP contribution in [0.15, 0.2) is 48.5 Å². The Bertz CT molecular complexity index is 1010. The van der Waals surface area contributed by atoms with Crippen molar-refractivity contribution in [2.75, 3.05) is 29.6 Å². The van der Waals surface area contributed by atoms with E-state index in [1.807, 2.05) is 55.5 Å². The molecule has 2 aromatic carbocycles. The minimum atomic E-state index is -1.11. The molecule has 162 valence electrons. The number of ether oxygens (including phenoxy) is 2. The zero-order chi connectivity index (χ0) is 21.6. The molecule has 0 aliphatic carbocycles. The monoisotopic (exact) mass is 422 g/mol. The molecule has 3 heterocycles. The summed E-state index contributed by atoms with van der Waals surface area (Å²) in [6.45, 7) is 3.32. The van der Waals surface area contributed by atoms with Crippen LogP contribution in [-0.2, 0) is 26.4 Å². The predicted molar refractivity (Wildman–Crippen MR) is 115 cm³/mol. The quantitative estimate of drug-likeness (QED) is 0.801. The van der Waals surface area contributed by atoms with Gasteiger partial charge in [0.2, 0.25) is 0 Å². The van der Waals surface area contributed by atoms with Gasteiger partial charge in [0.1, 0.15) is 6.61 Å². The van der Waals surface area contributed by atoms with E-state index in [0.29, 0.717) is 38.2 Å². The Balaban J connectivity index is 1.59. The number of hydrogen-bond acceptors (Lipinski definition) is 5. The molecule has 2 amide bonds. The summed E-state index contributed by atoms with van der Waals surface area (Å²) in [6.07, 6.45) is 0.624. The fraction of sp³-hybridized carbons (Fsp3) is 0.417. The summed E-state index contributed by atoms with van der Waals surface area (Å²) >= 11 is 0. The van der Waals surface area contributed by atoms with Crippen LogP contribution in [0.5, 0.6) is 0 Å². The Morgan fingerprint density at radius 3 is 2.68 bits per heavy atom. The fourth-order valence-corrected chi connectivity index (χ4v) is 5.10. The lowest BCUT2D eigenvalue weighted by Gasteiger charge is -2.28. The number of carbonyl (C=O) groups is 2. The topological polar surface area (TPSA) is 79.3 Å². The molecule has 7 nitrogen and oxygen atoms in total. The highest BCUT2D eigenvalue weighted by atomic mass is 16.6. The Hall–Kier alpha value is -2.90. The number of carbonyl (C=O) groups excluding carboxylic acids is 2. The number of fused-ring (bicyclic) bond motifs is 2. The molecule has 2 fully saturated rings. The Morgan fingerprint density at radius 1 is 1.16 bits per heavy atom. The number of amides is 2. The van der Waals surface area contributed by atoms with E-state index < -0.39 is 5.60 Å². The Labute approximate surface area is 181 Å². The van der Waals surface area contributed by atoms with Crippen LogP contribution in [0.1, 0.15) is 30.9 Å². The number of nitrogens with zero attached hydrogens (tertiary/aromatic N) is 2. The molecule has 0 aromatic heterocycles. The second-order valence-electron chi connectivity index (χ2n) is 8.47. The first kappa shape index (κ1) is 20.0. The van der Waals surface area contributed by atoms with E-state index in [-0.39, 0.29) is 30.6 Å². The largest absolute Gasteiger partial charge is 0.447 e. The van der Waals surface area contributed by atoms with Gasteiger partial charge in [-0.3, -0.25) is 9.69 Å². The lowest BCUT2D eigenvalue weighted by atomic mass is 9.82. The van der Waals surface area contributed by atoms with Gasteiger partial charge in [0.15, 0.2) is 5.60 Å². The van der Waals surface area contributed by atoms with Gasteiger partial charge in [-0.1, -0.05) is 37.3 Å². The van der Waals surface area contributed by atoms with Gasteiger partial charge in [-0.2, -0.15) is 0 Å². The molecule has 0 radical (unpaired) electrons. The molecule has 0 saturated carbocycles. The van der Waals surface area contributed by atoms with E-state index in [1.54, 1.807) is 9.80 Å². The van der Waals surface area contributed by atoms with E-state index in [4.69, 9.17) is 9.47 Å². The van der Waals surface area contributed by atoms with Crippen molar-refractivity contribution >= 4 is 23.4 Å². The molecule has 2 aromatic rings. The van der Waals surface area contributed by atoms with E-state index >= 15 is 0 Å². The van der Waals surface area contributed by atoms with Gasteiger partial charge in [-0.05, 0) is 36.6 Å². The third-order valence-corrected chi connectivity index (χ3v) is 6.60. The summed E-state index contributed by atoms with van der Waals surface area (Å²) < 4.78 is 11.5. The van der Waals surface area contributed by atoms with Gasteiger partial charge < -0.3 is 19.5 Å². The molecule has 7 heteroatoms. The molecule has 0 unspecified atom stereocenters. The summed E-state index contributed by atoms with van der Waals surface area (Å²) in [5.41, 5.74) is 2.23. The van der Waals surface area contributed by atoms with Crippen LogP contribution in [-0.4, -0.2) is 43.0 Å². The van der Waals surface area contributed by atoms with Crippen molar-refractivity contribution in [1.82, 2.24) is 0 Å². The summed E-state index contributed by atoms with van der Waals surface area (Å²) in [7, 11) is 0. The van der Waals surface area contributed by atoms with E-state index in [2.05, 4.69) is 0 Å². The van der Waals surface area contributed by atoms with Crippen LogP contribution in [0.25, 0.3) is 0 Å². The summed E-state index contributed by atoms with van der Waals surface area (Å²) in [4.78, 5) is 29.4. The maximum absolute atomic E-state index is 13.9. The van der Waals surface area contributed by atoms with Crippen LogP contribution >= 0.6 is 0 Å². The van der Waals surface area contributed by atoms with Crippen LogP contribution < -0.4 is 9.80 Å². The molecule has 31 heavy (non-hydrogen) atoms. The minimum Gasteiger partial charge on any atom is -0.447 e. The number of cyclic esters (lactones) is 1. The second kappa shape index (κ2) is 7.66. The minimum absolute atomic E-state index is 0.0158. The Kier molecular flexibility index (Phi) is 4.95. The van der Waals surface area contributed by atoms with Gasteiger partial charge in [0.05, 0.1) is 24.9 Å². The van der Waals surface area contributed by atoms with Crippen molar-refractivity contribution in [2.45, 2.75) is 38.0 Å². The van der Waals surface area contributed by atoms with Crippen molar-refractivity contribution in [2.24, 2.45) is 5.92 Å². The molecule has 5 rings (SSSR count). The molecular formula is C24H26N2O5. The van der Waals surface area contributed by atoms with Crippen LogP contribution in [0, 0.1) is 5.92 Å². The lowest BCUT2D eigenvalue weighted by Crippen LogP contribution is -2.43. The first-order valence-electron chi connectivity index (χ1n) is 10.8. The van der Waals surface area contributed by atoms with Crippen molar-refractivity contribution in [3.63, 3.8) is 0 Å². The third-order valence-electron chi connectivity index (χ3n) is 6.60. The average molecular weight is 422 g/mol. The number of aliphatic hydroxyl groups excluding tert-OH is 1. The highest BCUT2D eigenvalue weighted by Gasteiger charge is 2.60. The molecule has 1 N–H and O–H groups in total. The van der Waals surface area contributed by atoms with Crippen LogP contribution in [0.4, 0.5) is 16.2 Å². The summed E-state index contributed by atoms with van der Waals surface area (Å²) in [6, 6.07) is 15.5. The summed E-state index contributed by atoms with van der Waals surface area (Å²) in [5.74, 6) is -0.141. The van der Waals surface area contributed by atoms with Crippen molar-refractivity contribution in [1.29, 1.82) is 0 Å². The normalized spacial score (nSPS) is 27.3. The van der Waals surface area contributed by atoms with Crippen LogP contribution in [0.2, 0.25) is 0 Å². The standard InChI is InChI=1S/C24H26N2O5/c1-16-13-19(9-11-27)31-24(16)20-14-18(25-10-12-30-23(25)29)7-8-21(20)26(22(24)28)15-17-5-3-2-4-6-17/h2-8,14,16,19,27H,9-13,15H2,1H3/t16-,19+,24+/m0/s1. The van der Waals surface area contributed by atoms with Crippen molar-refractivity contribution in [3.05, 3.63) is 59.7 Å². The number of anilines is 2. The van der Waals surface area contributed by atoms with E-state index in [9.17, 15) is 14.7 Å².